The van der Waals surface area contributed by atoms with E-state index in [-0.39, 0.29) is 20.1 Å². The number of pyridine rings is 2. The van der Waals surface area contributed by atoms with Gasteiger partial charge in [0.15, 0.2) is 7.05 Å². The third-order valence-corrected chi connectivity index (χ3v) is 6.87. The zero-order valence-electron chi connectivity index (χ0n) is 22.9. The molecule has 0 aliphatic carbocycles. The van der Waals surface area contributed by atoms with Gasteiger partial charge in [-0.15, -0.1) is 47.3 Å². The van der Waals surface area contributed by atoms with Crippen LogP contribution in [0.2, 0.25) is 0 Å². The first kappa shape index (κ1) is 27.4. The summed E-state index contributed by atoms with van der Waals surface area (Å²) in [5, 5.41) is 2.36. The van der Waals surface area contributed by atoms with Gasteiger partial charge in [0, 0.05) is 50.7 Å². The van der Waals surface area contributed by atoms with Crippen LogP contribution in [-0.4, -0.2) is 32.2 Å². The van der Waals surface area contributed by atoms with Gasteiger partial charge in [0.05, 0.1) is 0 Å². The van der Waals surface area contributed by atoms with Gasteiger partial charge < -0.3 is 9.55 Å². The number of aromatic nitrogens is 3. The second kappa shape index (κ2) is 11.5. The standard InChI is InChI=1S/C22H19N4.C12H10N.Ir/c1-15(2)26-21-13-16(10-11-17(21)18-7-6-12-23-22(18)26)25-14-24(3)19-8-4-5-9-20(19)25;1-10-7-8-12(13-9-10)11-5-3-2-4-6-11;/h4-9,11-13,15H,1-3H3;2-5,7-9H,1H3;/q+1;-1;. The largest absolute Gasteiger partial charge is 0.494 e. The van der Waals surface area contributed by atoms with Crippen molar-refractivity contribution in [1.29, 1.82) is 0 Å². The predicted molar refractivity (Wildman–Crippen MR) is 158 cm³/mol. The van der Waals surface area contributed by atoms with Crippen molar-refractivity contribution in [2.75, 3.05) is 7.05 Å². The zero-order chi connectivity index (χ0) is 26.9. The van der Waals surface area contributed by atoms with Gasteiger partial charge in [-0.3, -0.25) is 0 Å². The molecule has 1 aliphatic rings. The average molecular weight is 700 g/mol. The first-order chi connectivity index (χ1) is 19.0. The van der Waals surface area contributed by atoms with Gasteiger partial charge in [-0.1, -0.05) is 51.1 Å². The van der Waals surface area contributed by atoms with Gasteiger partial charge in [-0.25, -0.2) is 4.98 Å². The number of hydrogen-bond donors (Lipinski definition) is 0. The van der Waals surface area contributed by atoms with Crippen LogP contribution in [0.15, 0.2) is 97.3 Å². The summed E-state index contributed by atoms with van der Waals surface area (Å²) in [5.41, 5.74) is 8.65. The fourth-order valence-electron chi connectivity index (χ4n) is 5.01. The van der Waals surface area contributed by atoms with Gasteiger partial charge in [0.25, 0.3) is 11.4 Å². The first-order valence-corrected chi connectivity index (χ1v) is 13.1. The molecule has 0 bridgehead atoms. The van der Waals surface area contributed by atoms with Crippen LogP contribution in [0.1, 0.15) is 25.5 Å². The number of nitrogens with zero attached hydrogens (tertiary/aromatic N) is 5. The van der Waals surface area contributed by atoms with Crippen LogP contribution in [-0.2, 0) is 20.1 Å². The molecule has 0 unspecified atom stereocenters. The molecular weight excluding hydrogens is 671 g/mol. The molecule has 0 saturated heterocycles. The summed E-state index contributed by atoms with van der Waals surface area (Å²) in [6.45, 7) is 6.42. The van der Waals surface area contributed by atoms with Crippen LogP contribution in [0.5, 0.6) is 0 Å². The van der Waals surface area contributed by atoms with Crippen molar-refractivity contribution in [2.45, 2.75) is 26.8 Å². The maximum absolute atomic E-state index is 4.63. The SMILES string of the molecule is CC(C)n1c2cc([N+]3=C=[N+](C)c4ccccc43)[c-]cc2c2cccnc21.Cc1ccc(-c2[c-]cccc2)nc1.[Ir]. The number of fused-ring (bicyclic) bond motifs is 4. The Morgan fingerprint density at radius 3 is 2.40 bits per heavy atom. The summed E-state index contributed by atoms with van der Waals surface area (Å²) in [6, 6.07) is 39.0. The minimum absolute atomic E-state index is 0. The van der Waals surface area contributed by atoms with Crippen LogP contribution in [0.25, 0.3) is 33.2 Å². The summed E-state index contributed by atoms with van der Waals surface area (Å²) < 4.78 is 6.39. The van der Waals surface area contributed by atoms with E-state index in [1.165, 1.54) is 21.9 Å². The molecule has 0 N–H and O–H groups in total. The molecule has 7 rings (SSSR count). The van der Waals surface area contributed by atoms with Gasteiger partial charge in [0.2, 0.25) is 0 Å². The Kier molecular flexibility index (Phi) is 7.86. The fourth-order valence-corrected chi connectivity index (χ4v) is 5.01. The van der Waals surface area contributed by atoms with Crippen molar-refractivity contribution < 1.29 is 24.7 Å². The van der Waals surface area contributed by atoms with Crippen molar-refractivity contribution >= 4 is 45.0 Å². The van der Waals surface area contributed by atoms with E-state index in [2.05, 4.69) is 99.6 Å². The Hall–Kier alpha value is -4.21. The molecule has 6 heteroatoms. The van der Waals surface area contributed by atoms with Crippen molar-refractivity contribution in [3.05, 3.63) is 115 Å². The normalized spacial score (nSPS) is 11.9. The summed E-state index contributed by atoms with van der Waals surface area (Å²) in [7, 11) is 2.02. The van der Waals surface area contributed by atoms with E-state index in [1.54, 1.807) is 0 Å². The van der Waals surface area contributed by atoms with Gasteiger partial charge in [0.1, 0.15) is 11.3 Å². The fraction of sp³-hybridized carbons (Fsp3) is 0.147. The van der Waals surface area contributed by atoms with Crippen molar-refractivity contribution in [3.8, 4) is 11.3 Å². The summed E-state index contributed by atoms with van der Waals surface area (Å²) in [5.74, 6) is 0. The van der Waals surface area contributed by atoms with Crippen molar-refractivity contribution in [1.82, 2.24) is 19.1 Å². The number of aryl methyl sites for hydroxylation is 1. The Balaban J connectivity index is 0.000000195. The minimum atomic E-state index is 0. The summed E-state index contributed by atoms with van der Waals surface area (Å²) in [6.07, 6.45) is 3.73. The van der Waals surface area contributed by atoms with Crippen molar-refractivity contribution in [3.63, 3.8) is 0 Å². The van der Waals surface area contributed by atoms with E-state index in [4.69, 9.17) is 0 Å². The topological polar surface area (TPSA) is 36.7 Å². The monoisotopic (exact) mass is 700 g/mol. The molecule has 0 atom stereocenters. The van der Waals surface area contributed by atoms with E-state index in [0.29, 0.717) is 6.04 Å². The number of para-hydroxylation sites is 2. The first-order valence-electron chi connectivity index (χ1n) is 13.1. The Morgan fingerprint density at radius 1 is 0.875 bits per heavy atom. The van der Waals surface area contributed by atoms with Gasteiger partial charge >= 0.3 is 6.01 Å². The predicted octanol–water partition coefficient (Wildman–Crippen LogP) is 7.72. The van der Waals surface area contributed by atoms with Gasteiger partial charge in [-0.05, 0) is 43.5 Å². The van der Waals surface area contributed by atoms with Crippen LogP contribution < -0.4 is 4.58 Å². The molecule has 0 fully saturated rings. The average Bonchev–Trinajstić information content (AvgIpc) is 3.49. The molecule has 1 radical (unpaired) electrons. The molecule has 6 aromatic rings. The van der Waals surface area contributed by atoms with E-state index < -0.39 is 0 Å². The van der Waals surface area contributed by atoms with Crippen LogP contribution in [0.4, 0.5) is 17.1 Å². The Morgan fingerprint density at radius 2 is 1.68 bits per heavy atom. The molecule has 1 aliphatic heterocycles. The van der Waals surface area contributed by atoms with Crippen LogP contribution in [0.3, 0.4) is 0 Å². The third kappa shape index (κ3) is 5.05. The molecule has 0 saturated carbocycles. The smallest absolute Gasteiger partial charge is 0.347 e. The number of hydrogen-bond acceptors (Lipinski definition) is 2. The zero-order valence-corrected chi connectivity index (χ0v) is 25.3. The Labute approximate surface area is 248 Å². The van der Waals surface area contributed by atoms with E-state index in [1.807, 2.05) is 67.3 Å². The van der Waals surface area contributed by atoms with Crippen LogP contribution >= 0.6 is 0 Å². The molecule has 199 valence electrons. The molecule has 0 amide bonds. The molecule has 3 aromatic carbocycles. The second-order valence-corrected chi connectivity index (χ2v) is 9.94. The molecule has 4 heterocycles. The van der Waals surface area contributed by atoms with E-state index >= 15 is 0 Å². The summed E-state index contributed by atoms with van der Waals surface area (Å²) >= 11 is 0. The molecule has 3 aromatic heterocycles. The van der Waals surface area contributed by atoms with Crippen LogP contribution in [0, 0.1) is 19.1 Å². The third-order valence-electron chi connectivity index (χ3n) is 6.87. The molecule has 5 nitrogen and oxygen atoms in total. The van der Waals surface area contributed by atoms with Gasteiger partial charge in [-0.2, -0.15) is 6.07 Å². The van der Waals surface area contributed by atoms with E-state index in [0.717, 1.165) is 34.0 Å². The quantitative estimate of drug-likeness (QED) is 0.140. The summed E-state index contributed by atoms with van der Waals surface area (Å²) in [4.78, 5) is 8.94. The maximum atomic E-state index is 4.63. The maximum Gasteiger partial charge on any atom is 0.494 e. The number of benzene rings is 3. The molecule has 0 spiro atoms. The Bertz CT molecular complexity index is 1880. The second-order valence-electron chi connectivity index (χ2n) is 9.94. The van der Waals surface area contributed by atoms with E-state index in [9.17, 15) is 0 Å². The number of rotatable bonds is 3. The minimum Gasteiger partial charge on any atom is -0.347 e. The van der Waals surface area contributed by atoms with Crippen molar-refractivity contribution in [2.24, 2.45) is 0 Å². The molecular formula is C34H29IrN5. The molecule has 40 heavy (non-hydrogen) atoms.